The number of primary amides is 1. The van der Waals surface area contributed by atoms with Gasteiger partial charge >= 0.3 is 0 Å². The van der Waals surface area contributed by atoms with Crippen molar-refractivity contribution in [3.8, 4) is 5.69 Å². The number of amides is 1. The van der Waals surface area contributed by atoms with Gasteiger partial charge in [0, 0.05) is 11.6 Å². The van der Waals surface area contributed by atoms with Crippen LogP contribution in [-0.4, -0.2) is 26.9 Å². The summed E-state index contributed by atoms with van der Waals surface area (Å²) in [6.45, 7) is 0. The summed E-state index contributed by atoms with van der Waals surface area (Å²) in [5.41, 5.74) is 8.65. The average Bonchev–Trinajstić information content (AvgIpc) is 3.17. The second kappa shape index (κ2) is 8.15. The summed E-state index contributed by atoms with van der Waals surface area (Å²) in [5, 5.41) is 15.9. The lowest BCUT2D eigenvalue weighted by Gasteiger charge is -2.26. The van der Waals surface area contributed by atoms with Crippen LogP contribution in [0.25, 0.3) is 16.6 Å². The Hall–Kier alpha value is -2.66. The summed E-state index contributed by atoms with van der Waals surface area (Å²) in [5.74, 6) is 0.00620. The van der Waals surface area contributed by atoms with E-state index < -0.39 is 5.91 Å². The summed E-state index contributed by atoms with van der Waals surface area (Å²) in [7, 11) is 0. The minimum Gasteiger partial charge on any atom is -0.393 e. The van der Waals surface area contributed by atoms with Crippen LogP contribution in [0.5, 0.6) is 0 Å². The maximum Gasteiger partial charge on any atom is 0.250 e. The Morgan fingerprint density at radius 3 is 2.61 bits per heavy atom. The largest absolute Gasteiger partial charge is 0.393 e. The average molecular weight is 377 g/mol. The standard InChI is InChI=1S/C23H27N3O2/c24-23(28)20-8-4-7-18-15-26(25-22(18)20)19-12-9-16(10-13-19)11-14-21(27)17-5-2-1-3-6-17/h4,7-10,12-13,15,17,21,27H,1-3,5-6,11,14H2,(H2,24,28). The van der Waals surface area contributed by atoms with Gasteiger partial charge < -0.3 is 10.8 Å². The predicted molar refractivity (Wildman–Crippen MR) is 110 cm³/mol. The number of hydrogen-bond acceptors (Lipinski definition) is 3. The molecular weight excluding hydrogens is 350 g/mol. The lowest BCUT2D eigenvalue weighted by Crippen LogP contribution is -2.23. The van der Waals surface area contributed by atoms with Gasteiger partial charge in [0.1, 0.15) is 5.52 Å². The molecule has 1 fully saturated rings. The van der Waals surface area contributed by atoms with Gasteiger partial charge in [-0.25, -0.2) is 4.68 Å². The lowest BCUT2D eigenvalue weighted by molar-refractivity contribution is 0.0775. The highest BCUT2D eigenvalue weighted by Gasteiger charge is 2.21. The number of carbonyl (C=O) groups excluding carboxylic acids is 1. The summed E-state index contributed by atoms with van der Waals surface area (Å²) < 4.78 is 1.78. The van der Waals surface area contributed by atoms with Gasteiger partial charge in [0.05, 0.1) is 17.4 Å². The van der Waals surface area contributed by atoms with Crippen LogP contribution in [0.3, 0.4) is 0 Å². The molecule has 0 bridgehead atoms. The van der Waals surface area contributed by atoms with Crippen molar-refractivity contribution in [2.45, 2.75) is 51.0 Å². The van der Waals surface area contributed by atoms with Crippen molar-refractivity contribution in [1.82, 2.24) is 9.78 Å². The third-order valence-corrected chi connectivity index (χ3v) is 5.93. The molecule has 146 valence electrons. The number of nitrogens with two attached hydrogens (primary N) is 1. The van der Waals surface area contributed by atoms with Gasteiger partial charge in [-0.2, -0.15) is 5.10 Å². The molecule has 1 saturated carbocycles. The molecule has 3 N–H and O–H groups in total. The van der Waals surface area contributed by atoms with Gasteiger partial charge in [-0.3, -0.25) is 4.79 Å². The van der Waals surface area contributed by atoms with Crippen LogP contribution in [0.1, 0.15) is 54.4 Å². The van der Waals surface area contributed by atoms with Crippen LogP contribution < -0.4 is 5.73 Å². The fourth-order valence-corrected chi connectivity index (χ4v) is 4.26. The second-order valence-corrected chi connectivity index (χ2v) is 7.85. The van der Waals surface area contributed by atoms with Crippen LogP contribution >= 0.6 is 0 Å². The molecule has 0 aliphatic heterocycles. The van der Waals surface area contributed by atoms with E-state index in [4.69, 9.17) is 5.73 Å². The molecule has 3 aromatic rings. The number of aromatic nitrogens is 2. The highest BCUT2D eigenvalue weighted by atomic mass is 16.3. The highest BCUT2D eigenvalue weighted by molar-refractivity contribution is 6.04. The summed E-state index contributed by atoms with van der Waals surface area (Å²) in [4.78, 5) is 11.6. The number of benzene rings is 2. The van der Waals surface area contributed by atoms with Gasteiger partial charge in [-0.15, -0.1) is 0 Å². The van der Waals surface area contributed by atoms with E-state index in [9.17, 15) is 9.90 Å². The van der Waals surface area contributed by atoms with Gasteiger partial charge in [-0.1, -0.05) is 43.5 Å². The Morgan fingerprint density at radius 1 is 1.14 bits per heavy atom. The third-order valence-electron chi connectivity index (χ3n) is 5.93. The third kappa shape index (κ3) is 3.94. The molecule has 1 unspecified atom stereocenters. The molecule has 1 aliphatic carbocycles. The smallest absolute Gasteiger partial charge is 0.250 e. The Balaban J connectivity index is 1.45. The minimum absolute atomic E-state index is 0.191. The van der Waals surface area contributed by atoms with Gasteiger partial charge in [-0.05, 0) is 55.4 Å². The number of hydrogen-bond donors (Lipinski definition) is 2. The molecule has 28 heavy (non-hydrogen) atoms. The normalized spacial score (nSPS) is 16.3. The molecular formula is C23H27N3O2. The number of rotatable bonds is 6. The molecule has 0 saturated heterocycles. The zero-order valence-corrected chi connectivity index (χ0v) is 16.1. The first-order valence-corrected chi connectivity index (χ1v) is 10.2. The van der Waals surface area contributed by atoms with E-state index in [1.54, 1.807) is 10.7 Å². The lowest BCUT2D eigenvalue weighted by atomic mass is 9.83. The second-order valence-electron chi connectivity index (χ2n) is 7.85. The number of fused-ring (bicyclic) bond motifs is 1. The fraction of sp³-hybridized carbons (Fsp3) is 0.391. The quantitative estimate of drug-likeness (QED) is 0.681. The number of aryl methyl sites for hydroxylation is 1. The van der Waals surface area contributed by atoms with Crippen LogP contribution in [0, 0.1) is 5.92 Å². The van der Waals surface area contributed by atoms with E-state index in [-0.39, 0.29) is 6.10 Å². The topological polar surface area (TPSA) is 81.1 Å². The summed E-state index contributed by atoms with van der Waals surface area (Å²) in [6.07, 6.45) is 9.57. The fourth-order valence-electron chi connectivity index (χ4n) is 4.26. The Morgan fingerprint density at radius 2 is 1.89 bits per heavy atom. The van der Waals surface area contributed by atoms with Crippen molar-refractivity contribution in [3.05, 3.63) is 59.8 Å². The number of aliphatic hydroxyl groups is 1. The van der Waals surface area contributed by atoms with E-state index in [0.29, 0.717) is 17.0 Å². The molecule has 1 atom stereocenters. The van der Waals surface area contributed by atoms with Crippen molar-refractivity contribution in [1.29, 1.82) is 0 Å². The first-order valence-electron chi connectivity index (χ1n) is 10.2. The predicted octanol–water partition coefficient (Wildman–Crippen LogP) is 4.00. The van der Waals surface area contributed by atoms with Crippen LogP contribution in [0.2, 0.25) is 0 Å². The number of carbonyl (C=O) groups is 1. The Kier molecular flexibility index (Phi) is 5.44. The van der Waals surface area contributed by atoms with E-state index >= 15 is 0 Å². The zero-order chi connectivity index (χ0) is 19.5. The maximum absolute atomic E-state index is 11.6. The summed E-state index contributed by atoms with van der Waals surface area (Å²) in [6, 6.07) is 13.7. The van der Waals surface area contributed by atoms with Crippen LogP contribution in [0.4, 0.5) is 0 Å². The Bertz CT molecular complexity index is 956. The molecule has 2 aromatic carbocycles. The van der Waals surface area contributed by atoms with Gasteiger partial charge in [0.15, 0.2) is 0 Å². The SMILES string of the molecule is NC(=O)c1cccc2cn(-c3ccc(CCC(O)C4CCCCC4)cc3)nc12. The van der Waals surface area contributed by atoms with E-state index in [0.717, 1.165) is 23.9 Å². The van der Waals surface area contributed by atoms with Crippen molar-refractivity contribution in [2.24, 2.45) is 11.7 Å². The van der Waals surface area contributed by atoms with Crippen molar-refractivity contribution in [2.75, 3.05) is 0 Å². The highest BCUT2D eigenvalue weighted by Crippen LogP contribution is 2.28. The van der Waals surface area contributed by atoms with Crippen molar-refractivity contribution >= 4 is 16.8 Å². The first-order chi connectivity index (χ1) is 13.6. The molecule has 4 rings (SSSR count). The van der Waals surface area contributed by atoms with E-state index in [1.807, 2.05) is 30.5 Å². The molecule has 1 heterocycles. The molecule has 1 aromatic heterocycles. The monoisotopic (exact) mass is 377 g/mol. The van der Waals surface area contributed by atoms with Crippen molar-refractivity contribution < 1.29 is 9.90 Å². The zero-order valence-electron chi connectivity index (χ0n) is 16.1. The van der Waals surface area contributed by atoms with Crippen LogP contribution in [0.15, 0.2) is 48.7 Å². The first kappa shape index (κ1) is 18.7. The number of nitrogens with zero attached hydrogens (tertiary/aromatic N) is 2. The molecule has 5 nitrogen and oxygen atoms in total. The maximum atomic E-state index is 11.6. The molecule has 5 heteroatoms. The van der Waals surface area contributed by atoms with E-state index in [1.165, 1.54) is 37.7 Å². The van der Waals surface area contributed by atoms with E-state index in [2.05, 4.69) is 17.2 Å². The number of aliphatic hydroxyl groups excluding tert-OH is 1. The molecule has 1 aliphatic rings. The van der Waals surface area contributed by atoms with Gasteiger partial charge in [0.2, 0.25) is 0 Å². The Labute approximate surface area is 165 Å². The summed E-state index contributed by atoms with van der Waals surface area (Å²) >= 11 is 0. The van der Waals surface area contributed by atoms with Crippen LogP contribution in [-0.2, 0) is 6.42 Å². The molecule has 0 spiro atoms. The molecule has 1 amide bonds. The van der Waals surface area contributed by atoms with Crippen molar-refractivity contribution in [3.63, 3.8) is 0 Å². The van der Waals surface area contributed by atoms with Gasteiger partial charge in [0.25, 0.3) is 5.91 Å². The minimum atomic E-state index is -0.470. The molecule has 0 radical (unpaired) electrons.